The van der Waals surface area contributed by atoms with Crippen LogP contribution < -0.4 is 10.1 Å². The molecule has 5 heteroatoms. The lowest BCUT2D eigenvalue weighted by Crippen LogP contribution is -2.53. The summed E-state index contributed by atoms with van der Waals surface area (Å²) < 4.78 is 5.98. The number of benzene rings is 3. The van der Waals surface area contributed by atoms with E-state index in [2.05, 4.69) is 17.4 Å². The lowest BCUT2D eigenvalue weighted by molar-refractivity contribution is -0.143. The van der Waals surface area contributed by atoms with Gasteiger partial charge in [-0.05, 0) is 68.0 Å². The molecule has 0 heterocycles. The summed E-state index contributed by atoms with van der Waals surface area (Å²) in [5.41, 5.74) is 5.30. The van der Waals surface area contributed by atoms with Crippen LogP contribution >= 0.6 is 0 Å². The van der Waals surface area contributed by atoms with Gasteiger partial charge in [0.2, 0.25) is 5.91 Å². The van der Waals surface area contributed by atoms with Crippen molar-refractivity contribution in [2.24, 2.45) is 0 Å². The SMILES string of the molecule is Cc1cccc(CN(C(=O)COc2cc(C)cc(C)c2)[C@@H](Cc2ccccc2)C(=O)NC2CCCCC2)c1. The molecular weight excluding hydrogens is 472 g/mol. The zero-order chi connectivity index (χ0) is 26.9. The van der Waals surface area contributed by atoms with Crippen LogP contribution in [0.2, 0.25) is 0 Å². The summed E-state index contributed by atoms with van der Waals surface area (Å²) in [6, 6.07) is 23.5. The van der Waals surface area contributed by atoms with Gasteiger partial charge >= 0.3 is 0 Å². The second-order valence-electron chi connectivity index (χ2n) is 10.7. The Kier molecular flexibility index (Phi) is 9.58. The van der Waals surface area contributed by atoms with Crippen LogP contribution in [0, 0.1) is 20.8 Å². The molecule has 1 atom stereocenters. The predicted molar refractivity (Wildman–Crippen MR) is 152 cm³/mol. The van der Waals surface area contributed by atoms with Crippen molar-refractivity contribution in [3.8, 4) is 5.75 Å². The lowest BCUT2D eigenvalue weighted by Gasteiger charge is -2.33. The standard InChI is InChI=1S/C33H40N2O3/c1-24-11-10-14-28(18-24)22-35(32(36)23-38-30-19-25(2)17-26(3)20-30)31(21-27-12-6-4-7-13-27)33(37)34-29-15-8-5-9-16-29/h4,6-7,10-14,17-20,29,31H,5,8-9,15-16,21-23H2,1-3H3,(H,34,37)/t31-/m0/s1. The summed E-state index contributed by atoms with van der Waals surface area (Å²) in [6.45, 7) is 6.27. The molecule has 0 spiro atoms. The maximum absolute atomic E-state index is 13.8. The number of aryl methyl sites for hydroxylation is 3. The summed E-state index contributed by atoms with van der Waals surface area (Å²) in [6.07, 6.45) is 5.90. The van der Waals surface area contributed by atoms with E-state index in [4.69, 9.17) is 4.74 Å². The molecule has 0 saturated heterocycles. The smallest absolute Gasteiger partial charge is 0.261 e. The summed E-state index contributed by atoms with van der Waals surface area (Å²) in [7, 11) is 0. The number of amides is 2. The van der Waals surface area contributed by atoms with Crippen LogP contribution in [0.15, 0.2) is 72.8 Å². The highest BCUT2D eigenvalue weighted by Gasteiger charge is 2.32. The molecule has 1 fully saturated rings. The molecule has 200 valence electrons. The van der Waals surface area contributed by atoms with Gasteiger partial charge < -0.3 is 15.0 Å². The highest BCUT2D eigenvalue weighted by atomic mass is 16.5. The minimum absolute atomic E-state index is 0.0897. The predicted octanol–water partition coefficient (Wildman–Crippen LogP) is 6.08. The second-order valence-corrected chi connectivity index (χ2v) is 10.7. The van der Waals surface area contributed by atoms with Crippen molar-refractivity contribution in [1.82, 2.24) is 10.2 Å². The van der Waals surface area contributed by atoms with Gasteiger partial charge in [0.1, 0.15) is 11.8 Å². The summed E-state index contributed by atoms with van der Waals surface area (Å²) >= 11 is 0. The van der Waals surface area contributed by atoms with E-state index in [-0.39, 0.29) is 24.5 Å². The third-order valence-corrected chi connectivity index (χ3v) is 7.22. The van der Waals surface area contributed by atoms with Crippen molar-refractivity contribution in [3.63, 3.8) is 0 Å². The molecule has 0 unspecified atom stereocenters. The van der Waals surface area contributed by atoms with Crippen molar-refractivity contribution in [2.75, 3.05) is 6.61 Å². The maximum Gasteiger partial charge on any atom is 0.261 e. The molecule has 0 bridgehead atoms. The first-order valence-corrected chi connectivity index (χ1v) is 13.8. The molecule has 3 aromatic carbocycles. The quantitative estimate of drug-likeness (QED) is 0.358. The molecule has 0 aromatic heterocycles. The van der Waals surface area contributed by atoms with Gasteiger partial charge in [0.25, 0.3) is 5.91 Å². The maximum atomic E-state index is 13.8. The highest BCUT2D eigenvalue weighted by molar-refractivity contribution is 5.88. The molecule has 1 aliphatic rings. The minimum Gasteiger partial charge on any atom is -0.484 e. The number of nitrogens with one attached hydrogen (secondary N) is 1. The van der Waals surface area contributed by atoms with E-state index >= 15 is 0 Å². The van der Waals surface area contributed by atoms with E-state index in [1.165, 1.54) is 6.42 Å². The topological polar surface area (TPSA) is 58.6 Å². The fourth-order valence-corrected chi connectivity index (χ4v) is 5.35. The van der Waals surface area contributed by atoms with Gasteiger partial charge in [-0.1, -0.05) is 85.5 Å². The van der Waals surface area contributed by atoms with Gasteiger partial charge in [-0.2, -0.15) is 0 Å². The summed E-state index contributed by atoms with van der Waals surface area (Å²) in [5, 5.41) is 3.29. The first-order valence-electron chi connectivity index (χ1n) is 13.8. The van der Waals surface area contributed by atoms with Gasteiger partial charge in [-0.3, -0.25) is 9.59 Å². The van der Waals surface area contributed by atoms with Gasteiger partial charge in [-0.25, -0.2) is 0 Å². The lowest BCUT2D eigenvalue weighted by atomic mass is 9.94. The van der Waals surface area contributed by atoms with E-state index in [1.807, 2.05) is 81.4 Å². The van der Waals surface area contributed by atoms with E-state index in [0.717, 1.165) is 53.5 Å². The average molecular weight is 513 g/mol. The molecule has 3 aromatic rings. The Morgan fingerprint density at radius 3 is 2.21 bits per heavy atom. The number of ether oxygens (including phenoxy) is 1. The number of hydrogen-bond donors (Lipinski definition) is 1. The number of carbonyl (C=O) groups is 2. The zero-order valence-corrected chi connectivity index (χ0v) is 22.9. The third-order valence-electron chi connectivity index (χ3n) is 7.22. The van der Waals surface area contributed by atoms with Crippen molar-refractivity contribution in [3.05, 3.63) is 101 Å². The number of nitrogens with zero attached hydrogens (tertiary/aromatic N) is 1. The van der Waals surface area contributed by atoms with Crippen molar-refractivity contribution in [1.29, 1.82) is 0 Å². The number of carbonyl (C=O) groups excluding carboxylic acids is 2. The zero-order valence-electron chi connectivity index (χ0n) is 22.9. The largest absolute Gasteiger partial charge is 0.484 e. The Bertz CT molecular complexity index is 1200. The van der Waals surface area contributed by atoms with Crippen LogP contribution in [0.5, 0.6) is 5.75 Å². The number of hydrogen-bond acceptors (Lipinski definition) is 3. The van der Waals surface area contributed by atoms with Gasteiger partial charge in [0.05, 0.1) is 0 Å². The van der Waals surface area contributed by atoms with Crippen molar-refractivity contribution >= 4 is 11.8 Å². The Morgan fingerprint density at radius 1 is 0.842 bits per heavy atom. The molecular formula is C33H40N2O3. The van der Waals surface area contributed by atoms with E-state index in [0.29, 0.717) is 18.7 Å². The molecule has 1 saturated carbocycles. The van der Waals surface area contributed by atoms with E-state index in [1.54, 1.807) is 4.90 Å². The number of rotatable bonds is 10. The third kappa shape index (κ3) is 7.95. The molecule has 5 nitrogen and oxygen atoms in total. The van der Waals surface area contributed by atoms with Gasteiger partial charge in [0.15, 0.2) is 6.61 Å². The van der Waals surface area contributed by atoms with E-state index in [9.17, 15) is 9.59 Å². The van der Waals surface area contributed by atoms with Crippen LogP contribution in [0.25, 0.3) is 0 Å². The van der Waals surface area contributed by atoms with Crippen molar-refractivity contribution < 1.29 is 14.3 Å². The van der Waals surface area contributed by atoms with Crippen LogP contribution in [-0.4, -0.2) is 35.4 Å². The van der Waals surface area contributed by atoms with Gasteiger partial charge in [-0.15, -0.1) is 0 Å². The van der Waals surface area contributed by atoms with Crippen LogP contribution in [0.4, 0.5) is 0 Å². The first kappa shape index (κ1) is 27.4. The fourth-order valence-electron chi connectivity index (χ4n) is 5.35. The molecule has 1 aliphatic carbocycles. The average Bonchev–Trinajstić information content (AvgIpc) is 2.90. The molecule has 4 rings (SSSR count). The highest BCUT2D eigenvalue weighted by Crippen LogP contribution is 2.21. The van der Waals surface area contributed by atoms with Crippen LogP contribution in [0.1, 0.15) is 59.9 Å². The monoisotopic (exact) mass is 512 g/mol. The Balaban J connectivity index is 1.62. The van der Waals surface area contributed by atoms with Crippen LogP contribution in [0.3, 0.4) is 0 Å². The molecule has 1 N–H and O–H groups in total. The molecule has 38 heavy (non-hydrogen) atoms. The van der Waals surface area contributed by atoms with Crippen LogP contribution in [-0.2, 0) is 22.6 Å². The summed E-state index contributed by atoms with van der Waals surface area (Å²) in [4.78, 5) is 29.4. The van der Waals surface area contributed by atoms with Gasteiger partial charge in [0, 0.05) is 19.0 Å². The molecule has 0 aliphatic heterocycles. The first-order chi connectivity index (χ1) is 18.4. The van der Waals surface area contributed by atoms with Crippen molar-refractivity contribution in [2.45, 2.75) is 77.9 Å². The molecule has 0 radical (unpaired) electrons. The fraction of sp³-hybridized carbons (Fsp3) is 0.394. The second kappa shape index (κ2) is 13.3. The Labute approximate surface area is 227 Å². The molecule has 2 amide bonds. The normalized spacial score (nSPS) is 14.5. The van der Waals surface area contributed by atoms with E-state index < -0.39 is 6.04 Å². The summed E-state index contributed by atoms with van der Waals surface area (Å²) in [5.74, 6) is 0.371. The Hall–Kier alpha value is -3.60. The Morgan fingerprint density at radius 2 is 1.53 bits per heavy atom. The minimum atomic E-state index is -0.643.